The molecule has 0 aliphatic carbocycles. The third-order valence-corrected chi connectivity index (χ3v) is 11.5. The Labute approximate surface area is 252 Å². The van der Waals surface area contributed by atoms with E-state index in [1.165, 1.54) is 16.4 Å². The number of aliphatic hydroxyl groups excluding tert-OH is 2. The minimum absolute atomic E-state index is 0.00443. The zero-order valence-electron chi connectivity index (χ0n) is 23.7. The lowest BCUT2D eigenvalue weighted by atomic mass is 9.88. The van der Waals surface area contributed by atoms with E-state index in [1.807, 2.05) is 12.1 Å². The summed E-state index contributed by atoms with van der Waals surface area (Å²) in [6.07, 6.45) is 4.47. The number of hydrogen-bond donors (Lipinski definition) is 3. The van der Waals surface area contributed by atoms with Crippen molar-refractivity contribution in [1.29, 1.82) is 0 Å². The number of nitrogens with zero attached hydrogens (tertiary/aromatic N) is 2. The number of aliphatic hydroxyl groups is 2. The Hall–Kier alpha value is -2.91. The Balaban J connectivity index is 1.07. The fraction of sp³-hybridized carbons (Fsp3) is 0.433. The molecule has 11 nitrogen and oxygen atoms in total. The number of nitrogens with one attached hydrogen (secondary N) is 1. The molecule has 13 heteroatoms. The van der Waals surface area contributed by atoms with Crippen LogP contribution in [0, 0.1) is 0 Å². The molecule has 1 aromatic heterocycles. The molecule has 2 fully saturated rings. The fourth-order valence-corrected chi connectivity index (χ4v) is 8.01. The van der Waals surface area contributed by atoms with Gasteiger partial charge in [0.2, 0.25) is 10.0 Å². The molecule has 3 aromatic rings. The van der Waals surface area contributed by atoms with E-state index in [1.54, 1.807) is 48.8 Å². The highest BCUT2D eigenvalue weighted by molar-refractivity contribution is 7.91. The largest absolute Gasteiger partial charge is 0.491 e. The number of pyridine rings is 1. The molecule has 2 saturated heterocycles. The van der Waals surface area contributed by atoms with Crippen LogP contribution in [0.25, 0.3) is 11.1 Å². The van der Waals surface area contributed by atoms with E-state index in [-0.39, 0.29) is 34.7 Å². The average molecular weight is 632 g/mol. The van der Waals surface area contributed by atoms with Crippen LogP contribution < -0.4 is 10.1 Å². The number of benzene rings is 2. The quantitative estimate of drug-likeness (QED) is 0.270. The second-order valence-electron chi connectivity index (χ2n) is 11.0. The summed E-state index contributed by atoms with van der Waals surface area (Å²) in [5.74, 6) is -0.0596. The molecule has 5 rings (SSSR count). The topological polar surface area (TPSA) is 155 Å². The Morgan fingerprint density at radius 1 is 1.02 bits per heavy atom. The fourth-order valence-electron chi connectivity index (χ4n) is 5.51. The number of ether oxygens (including phenoxy) is 2. The van der Waals surface area contributed by atoms with Crippen molar-refractivity contribution in [3.63, 3.8) is 0 Å². The van der Waals surface area contributed by atoms with Gasteiger partial charge >= 0.3 is 0 Å². The van der Waals surface area contributed by atoms with Gasteiger partial charge in [-0.05, 0) is 66.8 Å². The lowest BCUT2D eigenvalue weighted by molar-refractivity contribution is -0.0312. The summed E-state index contributed by atoms with van der Waals surface area (Å²) in [4.78, 5) is 4.43. The summed E-state index contributed by atoms with van der Waals surface area (Å²) in [7, 11) is -7.23. The van der Waals surface area contributed by atoms with Crippen molar-refractivity contribution >= 4 is 19.9 Å². The van der Waals surface area contributed by atoms with Crippen LogP contribution in [0.15, 0.2) is 82.8 Å². The number of hydrogen-bond acceptors (Lipinski definition) is 10. The van der Waals surface area contributed by atoms with Crippen LogP contribution in [-0.2, 0) is 24.6 Å². The molecule has 0 radical (unpaired) electrons. The van der Waals surface area contributed by atoms with Crippen molar-refractivity contribution < 1.29 is 36.5 Å². The van der Waals surface area contributed by atoms with E-state index >= 15 is 0 Å². The molecule has 3 N–H and O–H groups in total. The molecule has 0 saturated carbocycles. The first kappa shape index (κ1) is 31.5. The molecule has 2 aliphatic rings. The SMILES string of the molecule is O=S(=O)(CCO)c1cccc(OCC(O)CN[C@H]2COC3(CCN(S(=O)(=O)c4ccc(-c5cccnc5)cc4)CC3)C2)c1. The first-order valence-corrected chi connectivity index (χ1v) is 17.3. The average Bonchev–Trinajstić information content (AvgIpc) is 3.41. The summed E-state index contributed by atoms with van der Waals surface area (Å²) in [5, 5.41) is 22.7. The molecule has 2 atom stereocenters. The van der Waals surface area contributed by atoms with E-state index in [2.05, 4.69) is 10.3 Å². The predicted octanol–water partition coefficient (Wildman–Crippen LogP) is 1.86. The summed E-state index contributed by atoms with van der Waals surface area (Å²) >= 11 is 0. The van der Waals surface area contributed by atoms with Gasteiger partial charge in [-0.15, -0.1) is 0 Å². The predicted molar refractivity (Wildman–Crippen MR) is 160 cm³/mol. The highest BCUT2D eigenvalue weighted by Crippen LogP contribution is 2.37. The molecule has 2 aliphatic heterocycles. The summed E-state index contributed by atoms with van der Waals surface area (Å²) < 4.78 is 64.3. The van der Waals surface area contributed by atoms with Gasteiger partial charge in [-0.25, -0.2) is 16.8 Å². The third-order valence-electron chi connectivity index (χ3n) is 7.94. The number of sulfone groups is 1. The molecule has 1 unspecified atom stereocenters. The van der Waals surface area contributed by atoms with E-state index in [0.29, 0.717) is 44.7 Å². The van der Waals surface area contributed by atoms with Gasteiger partial charge in [-0.2, -0.15) is 4.31 Å². The minimum Gasteiger partial charge on any atom is -0.491 e. The monoisotopic (exact) mass is 631 g/mol. The van der Waals surface area contributed by atoms with Crippen LogP contribution in [0.1, 0.15) is 19.3 Å². The van der Waals surface area contributed by atoms with Crippen molar-refractivity contribution in [1.82, 2.24) is 14.6 Å². The zero-order chi connectivity index (χ0) is 30.5. The van der Waals surface area contributed by atoms with E-state index in [4.69, 9.17) is 14.6 Å². The maximum atomic E-state index is 13.3. The van der Waals surface area contributed by atoms with E-state index < -0.39 is 38.2 Å². The van der Waals surface area contributed by atoms with Crippen molar-refractivity contribution in [2.24, 2.45) is 0 Å². The maximum absolute atomic E-state index is 13.3. The third kappa shape index (κ3) is 7.60. The van der Waals surface area contributed by atoms with Gasteiger partial charge in [0.15, 0.2) is 9.84 Å². The Kier molecular flexibility index (Phi) is 9.81. The van der Waals surface area contributed by atoms with Crippen LogP contribution in [0.5, 0.6) is 5.75 Å². The number of piperidine rings is 1. The molecule has 1 spiro atoms. The summed E-state index contributed by atoms with van der Waals surface area (Å²) in [6, 6.07) is 16.6. The van der Waals surface area contributed by atoms with Crippen LogP contribution in [0.4, 0.5) is 0 Å². The smallest absolute Gasteiger partial charge is 0.243 e. The molecular weight excluding hydrogens is 594 g/mol. The maximum Gasteiger partial charge on any atom is 0.243 e. The summed E-state index contributed by atoms with van der Waals surface area (Å²) in [5.41, 5.74) is 1.42. The van der Waals surface area contributed by atoms with Gasteiger partial charge in [0.1, 0.15) is 18.5 Å². The minimum atomic E-state index is -3.63. The van der Waals surface area contributed by atoms with Crippen LogP contribution in [0.2, 0.25) is 0 Å². The second kappa shape index (κ2) is 13.4. The van der Waals surface area contributed by atoms with Crippen molar-refractivity contribution in [3.8, 4) is 16.9 Å². The van der Waals surface area contributed by atoms with Gasteiger partial charge in [-0.1, -0.05) is 24.3 Å². The number of rotatable bonds is 12. The van der Waals surface area contributed by atoms with Crippen molar-refractivity contribution in [3.05, 3.63) is 73.1 Å². The second-order valence-corrected chi connectivity index (χ2v) is 15.0. The van der Waals surface area contributed by atoms with Gasteiger partial charge in [0, 0.05) is 38.1 Å². The van der Waals surface area contributed by atoms with Crippen LogP contribution in [-0.4, -0.2) is 99.3 Å². The molecule has 0 bridgehead atoms. The Morgan fingerprint density at radius 3 is 2.49 bits per heavy atom. The highest BCUT2D eigenvalue weighted by Gasteiger charge is 2.44. The first-order valence-electron chi connectivity index (χ1n) is 14.2. The molecule has 43 heavy (non-hydrogen) atoms. The van der Waals surface area contributed by atoms with Gasteiger partial charge in [-0.3, -0.25) is 4.98 Å². The first-order chi connectivity index (χ1) is 20.6. The molecular formula is C30H37N3O8S2. The van der Waals surface area contributed by atoms with Gasteiger partial charge < -0.3 is 25.0 Å². The van der Waals surface area contributed by atoms with Crippen LogP contribution in [0.3, 0.4) is 0 Å². The standard InChI is InChI=1S/C30H37N3O8S2/c34-15-16-42(36,37)29-5-1-4-27(17-29)40-22-26(35)20-32-25-18-30(41-21-25)10-13-33(14-11-30)43(38,39)28-8-6-23(7-9-28)24-3-2-12-31-19-24/h1-9,12,17,19,25-26,32,34-35H,10-11,13-16,18,20-22H2/t25-,26?/m1/s1. The zero-order valence-corrected chi connectivity index (χ0v) is 25.3. The molecule has 0 amide bonds. The van der Waals surface area contributed by atoms with E-state index in [0.717, 1.165) is 11.1 Å². The van der Waals surface area contributed by atoms with Gasteiger partial charge in [0.05, 0.1) is 34.4 Å². The van der Waals surface area contributed by atoms with Crippen molar-refractivity contribution in [2.45, 2.75) is 46.8 Å². The van der Waals surface area contributed by atoms with E-state index in [9.17, 15) is 21.9 Å². The molecule has 3 heterocycles. The lowest BCUT2D eigenvalue weighted by Crippen LogP contribution is -2.47. The summed E-state index contributed by atoms with van der Waals surface area (Å²) in [6.45, 7) is 0.934. The molecule has 232 valence electrons. The lowest BCUT2D eigenvalue weighted by Gasteiger charge is -2.38. The Morgan fingerprint density at radius 2 is 1.79 bits per heavy atom. The normalized spacial score (nSPS) is 19.8. The van der Waals surface area contributed by atoms with Crippen molar-refractivity contribution in [2.75, 3.05) is 45.2 Å². The van der Waals surface area contributed by atoms with Gasteiger partial charge in [0.25, 0.3) is 0 Å². The van der Waals surface area contributed by atoms with Crippen LogP contribution >= 0.6 is 0 Å². The Bertz CT molecular complexity index is 1580. The highest BCUT2D eigenvalue weighted by atomic mass is 32.2. The number of sulfonamides is 1. The number of aromatic nitrogens is 1. The molecule has 2 aromatic carbocycles.